The minimum Gasteiger partial charge on any atom is -0.338 e. The highest BCUT2D eigenvalue weighted by atomic mass is 32.2. The van der Waals surface area contributed by atoms with E-state index in [4.69, 9.17) is 0 Å². The molecule has 2 heterocycles. The normalized spacial score (nSPS) is 16.8. The van der Waals surface area contributed by atoms with E-state index in [9.17, 15) is 18.0 Å². The molecular weight excluding hydrogens is 440 g/mol. The molecule has 0 aliphatic carbocycles. The van der Waals surface area contributed by atoms with E-state index in [0.29, 0.717) is 37.3 Å². The molecule has 0 aromatic heterocycles. The van der Waals surface area contributed by atoms with Crippen LogP contribution in [-0.2, 0) is 14.8 Å². The van der Waals surface area contributed by atoms with Gasteiger partial charge in [0.1, 0.15) is 6.54 Å². The second kappa shape index (κ2) is 8.08. The summed E-state index contributed by atoms with van der Waals surface area (Å²) in [7, 11) is -3.78. The molecule has 0 bridgehead atoms. The van der Waals surface area contributed by atoms with Crippen LogP contribution in [-0.4, -0.2) is 62.9 Å². The standard InChI is InChI=1S/C24H24N4O4S/c1-17-5-2-8-19(15-17)25-24(30)27-13-11-26(12-14-27)22(29)16-28-20-9-3-6-18-7-4-10-21(23(18)20)33(28,31)32/h2-10,15H,11-14,16H2,1H3,(H,25,30). The van der Waals surface area contributed by atoms with Crippen molar-refractivity contribution in [2.24, 2.45) is 0 Å². The molecule has 9 heteroatoms. The molecule has 1 saturated heterocycles. The Morgan fingerprint density at radius 2 is 1.58 bits per heavy atom. The number of sulfonamides is 1. The van der Waals surface area contributed by atoms with Crippen LogP contribution in [0.3, 0.4) is 0 Å². The topological polar surface area (TPSA) is 90.0 Å². The van der Waals surface area contributed by atoms with Gasteiger partial charge in [0.2, 0.25) is 5.91 Å². The quantitative estimate of drug-likeness (QED) is 0.645. The molecule has 0 unspecified atom stereocenters. The molecule has 1 fully saturated rings. The highest BCUT2D eigenvalue weighted by Crippen LogP contribution is 2.41. The molecule has 3 aromatic rings. The molecule has 8 nitrogen and oxygen atoms in total. The first-order chi connectivity index (χ1) is 15.8. The van der Waals surface area contributed by atoms with E-state index in [1.54, 1.807) is 34.1 Å². The number of benzene rings is 3. The lowest BCUT2D eigenvalue weighted by Gasteiger charge is -2.35. The molecular formula is C24H24N4O4S. The Labute approximate surface area is 192 Å². The van der Waals surface area contributed by atoms with Gasteiger partial charge in [-0.3, -0.25) is 9.10 Å². The third-order valence-corrected chi connectivity index (χ3v) is 7.95. The van der Waals surface area contributed by atoms with Crippen molar-refractivity contribution in [1.29, 1.82) is 0 Å². The number of urea groups is 1. The van der Waals surface area contributed by atoms with Crippen molar-refractivity contribution in [2.45, 2.75) is 11.8 Å². The number of anilines is 2. The van der Waals surface area contributed by atoms with Crippen molar-refractivity contribution in [1.82, 2.24) is 9.80 Å². The Bertz CT molecular complexity index is 1360. The summed E-state index contributed by atoms with van der Waals surface area (Å²) < 4.78 is 27.4. The van der Waals surface area contributed by atoms with E-state index >= 15 is 0 Å². The summed E-state index contributed by atoms with van der Waals surface area (Å²) in [5.41, 5.74) is 2.32. The second-order valence-corrected chi connectivity index (χ2v) is 10.1. The van der Waals surface area contributed by atoms with Crippen LogP contribution in [0, 0.1) is 6.92 Å². The van der Waals surface area contributed by atoms with Crippen molar-refractivity contribution in [3.05, 3.63) is 66.2 Å². The van der Waals surface area contributed by atoms with Crippen LogP contribution in [0.4, 0.5) is 16.2 Å². The number of rotatable bonds is 3. The average molecular weight is 465 g/mol. The van der Waals surface area contributed by atoms with Crippen molar-refractivity contribution < 1.29 is 18.0 Å². The summed E-state index contributed by atoms with van der Waals surface area (Å²) in [5.74, 6) is -0.276. The van der Waals surface area contributed by atoms with E-state index in [1.165, 1.54) is 4.31 Å². The molecule has 5 rings (SSSR count). The third kappa shape index (κ3) is 3.78. The Kier molecular flexibility index (Phi) is 5.20. The van der Waals surface area contributed by atoms with Crippen LogP contribution in [0.2, 0.25) is 0 Å². The zero-order chi connectivity index (χ0) is 23.2. The SMILES string of the molecule is Cc1cccc(NC(=O)N2CCN(C(=O)CN3c4cccc5cccc(c45)S3(=O)=O)CC2)c1. The number of hydrogen-bond acceptors (Lipinski definition) is 4. The molecule has 170 valence electrons. The molecule has 1 N–H and O–H groups in total. The summed E-state index contributed by atoms with van der Waals surface area (Å²) in [6.45, 7) is 3.17. The summed E-state index contributed by atoms with van der Waals surface area (Å²) in [6.07, 6.45) is 0. The van der Waals surface area contributed by atoms with Crippen LogP contribution < -0.4 is 9.62 Å². The van der Waals surface area contributed by atoms with Crippen LogP contribution in [0.1, 0.15) is 5.56 Å². The maximum absolute atomic E-state index is 13.1. The van der Waals surface area contributed by atoms with Gasteiger partial charge < -0.3 is 15.1 Å². The van der Waals surface area contributed by atoms with Crippen molar-refractivity contribution in [3.63, 3.8) is 0 Å². The molecule has 0 spiro atoms. The van der Waals surface area contributed by atoms with Gasteiger partial charge in [-0.15, -0.1) is 0 Å². The summed E-state index contributed by atoms with van der Waals surface area (Å²) >= 11 is 0. The number of piperazine rings is 1. The molecule has 0 saturated carbocycles. The molecule has 2 aliphatic heterocycles. The van der Waals surface area contributed by atoms with E-state index < -0.39 is 10.0 Å². The molecule has 3 aromatic carbocycles. The first-order valence-electron chi connectivity index (χ1n) is 10.8. The third-order valence-electron chi connectivity index (χ3n) is 6.15. The van der Waals surface area contributed by atoms with E-state index in [0.717, 1.165) is 16.6 Å². The number of carbonyl (C=O) groups is 2. The van der Waals surface area contributed by atoms with Crippen LogP contribution in [0.25, 0.3) is 10.8 Å². The predicted octanol–water partition coefficient (Wildman–Crippen LogP) is 3.03. The summed E-state index contributed by atoms with van der Waals surface area (Å²) in [4.78, 5) is 29.1. The van der Waals surface area contributed by atoms with Gasteiger partial charge >= 0.3 is 6.03 Å². The van der Waals surface area contributed by atoms with Crippen LogP contribution in [0.5, 0.6) is 0 Å². The average Bonchev–Trinajstić information content (AvgIpc) is 3.02. The molecule has 0 atom stereocenters. The minimum atomic E-state index is -3.78. The van der Waals surface area contributed by atoms with Crippen molar-refractivity contribution in [3.8, 4) is 0 Å². The van der Waals surface area contributed by atoms with Crippen LogP contribution in [0.15, 0.2) is 65.6 Å². The number of hydrogen-bond donors (Lipinski definition) is 1. The Morgan fingerprint density at radius 1 is 0.909 bits per heavy atom. The second-order valence-electron chi connectivity index (χ2n) is 8.31. The fraction of sp³-hybridized carbons (Fsp3) is 0.250. The van der Waals surface area contributed by atoms with Gasteiger partial charge in [0, 0.05) is 37.3 Å². The summed E-state index contributed by atoms with van der Waals surface area (Å²) in [5, 5.41) is 4.37. The lowest BCUT2D eigenvalue weighted by molar-refractivity contribution is -0.130. The first-order valence-corrected chi connectivity index (χ1v) is 12.2. The number of carbonyl (C=O) groups excluding carboxylic acids is 2. The fourth-order valence-electron chi connectivity index (χ4n) is 4.44. The zero-order valence-corrected chi connectivity index (χ0v) is 19.0. The molecule has 33 heavy (non-hydrogen) atoms. The number of amides is 3. The maximum Gasteiger partial charge on any atom is 0.321 e. The fourth-order valence-corrected chi connectivity index (χ4v) is 6.10. The molecule has 0 radical (unpaired) electrons. The van der Waals surface area contributed by atoms with E-state index in [2.05, 4.69) is 5.32 Å². The van der Waals surface area contributed by atoms with Gasteiger partial charge in [0.05, 0.1) is 10.6 Å². The minimum absolute atomic E-state index is 0.211. The van der Waals surface area contributed by atoms with Crippen molar-refractivity contribution in [2.75, 3.05) is 42.3 Å². The zero-order valence-electron chi connectivity index (χ0n) is 18.2. The summed E-state index contributed by atoms with van der Waals surface area (Å²) in [6, 6.07) is 17.9. The van der Waals surface area contributed by atoms with Gasteiger partial charge in [0.15, 0.2) is 0 Å². The van der Waals surface area contributed by atoms with Gasteiger partial charge in [0.25, 0.3) is 10.0 Å². The predicted molar refractivity (Wildman–Crippen MR) is 127 cm³/mol. The lowest BCUT2D eigenvalue weighted by atomic mass is 10.1. The highest BCUT2D eigenvalue weighted by Gasteiger charge is 2.37. The van der Waals surface area contributed by atoms with Gasteiger partial charge in [-0.25, -0.2) is 13.2 Å². The Hall–Kier alpha value is -3.59. The highest BCUT2D eigenvalue weighted by molar-refractivity contribution is 7.93. The van der Waals surface area contributed by atoms with Gasteiger partial charge in [-0.2, -0.15) is 0 Å². The van der Waals surface area contributed by atoms with Crippen LogP contribution >= 0.6 is 0 Å². The molecule has 2 aliphatic rings. The lowest BCUT2D eigenvalue weighted by Crippen LogP contribution is -2.53. The van der Waals surface area contributed by atoms with Crippen molar-refractivity contribution >= 4 is 44.1 Å². The van der Waals surface area contributed by atoms with E-state index in [-0.39, 0.29) is 23.4 Å². The smallest absolute Gasteiger partial charge is 0.321 e. The largest absolute Gasteiger partial charge is 0.338 e. The number of nitrogens with one attached hydrogen (secondary N) is 1. The van der Waals surface area contributed by atoms with Gasteiger partial charge in [-0.1, -0.05) is 36.4 Å². The van der Waals surface area contributed by atoms with Gasteiger partial charge in [-0.05, 0) is 42.1 Å². The van der Waals surface area contributed by atoms with E-state index in [1.807, 2.05) is 43.3 Å². The Balaban J connectivity index is 1.24. The number of nitrogens with zero attached hydrogens (tertiary/aromatic N) is 3. The number of aryl methyl sites for hydroxylation is 1. The monoisotopic (exact) mass is 464 g/mol. The molecule has 3 amide bonds. The first kappa shape index (κ1) is 21.3. The Morgan fingerprint density at radius 3 is 2.30 bits per heavy atom. The maximum atomic E-state index is 13.1.